The smallest absolute Gasteiger partial charge is 0.133 e. The second kappa shape index (κ2) is 4.97. The average Bonchev–Trinajstić information content (AvgIpc) is 2.97. The SMILES string of the molecule is CC(Br)c1cn(-c2c(Cl)cc(Cl)c3c2N=S=N3)nn1. The van der Waals surface area contributed by atoms with E-state index in [0.29, 0.717) is 27.1 Å². The summed E-state index contributed by atoms with van der Waals surface area (Å²) in [5.41, 5.74) is 2.69. The van der Waals surface area contributed by atoms with E-state index in [9.17, 15) is 0 Å². The van der Waals surface area contributed by atoms with Crippen molar-refractivity contribution in [2.45, 2.75) is 11.8 Å². The van der Waals surface area contributed by atoms with Gasteiger partial charge < -0.3 is 0 Å². The molecule has 1 atom stereocenters. The van der Waals surface area contributed by atoms with Crippen LogP contribution >= 0.6 is 39.1 Å². The first-order chi connectivity index (χ1) is 9.08. The summed E-state index contributed by atoms with van der Waals surface area (Å²) in [4.78, 5) is 0.108. The lowest BCUT2D eigenvalue weighted by Crippen LogP contribution is -1.96. The lowest BCUT2D eigenvalue weighted by atomic mass is 10.2. The molecule has 0 fully saturated rings. The molecule has 1 aliphatic heterocycles. The Labute approximate surface area is 130 Å². The highest BCUT2D eigenvalue weighted by atomic mass is 79.9. The summed E-state index contributed by atoms with van der Waals surface area (Å²) in [6, 6.07) is 1.64. The van der Waals surface area contributed by atoms with Crippen LogP contribution in [0.3, 0.4) is 0 Å². The predicted octanol–water partition coefficient (Wildman–Crippen LogP) is 4.76. The van der Waals surface area contributed by atoms with Gasteiger partial charge in [-0.15, -0.1) is 5.10 Å². The molecule has 19 heavy (non-hydrogen) atoms. The van der Waals surface area contributed by atoms with Crippen molar-refractivity contribution in [2.75, 3.05) is 0 Å². The maximum atomic E-state index is 6.24. The highest BCUT2D eigenvalue weighted by Gasteiger charge is 2.21. The van der Waals surface area contributed by atoms with Gasteiger partial charge in [-0.05, 0) is 13.0 Å². The quantitative estimate of drug-likeness (QED) is 0.603. The van der Waals surface area contributed by atoms with E-state index in [2.05, 4.69) is 35.0 Å². The van der Waals surface area contributed by atoms with Gasteiger partial charge in [-0.1, -0.05) is 44.3 Å². The molecule has 0 saturated heterocycles. The van der Waals surface area contributed by atoms with Crippen LogP contribution in [-0.2, 0) is 11.4 Å². The fraction of sp³-hybridized carbons (Fsp3) is 0.200. The molecule has 1 aromatic carbocycles. The number of hydrogen-bond acceptors (Lipinski definition) is 4. The second-order valence-electron chi connectivity index (χ2n) is 3.85. The van der Waals surface area contributed by atoms with Crippen LogP contribution in [0.1, 0.15) is 17.4 Å². The van der Waals surface area contributed by atoms with Crippen LogP contribution in [0.15, 0.2) is 21.0 Å². The molecule has 0 radical (unpaired) electrons. The van der Waals surface area contributed by atoms with Crippen molar-refractivity contribution in [1.29, 1.82) is 0 Å². The molecule has 0 bridgehead atoms. The van der Waals surface area contributed by atoms with Crippen molar-refractivity contribution in [3.63, 3.8) is 0 Å². The molecule has 98 valence electrons. The standard InChI is InChI=1S/C10H6BrCl2N5S/c1-4(11)7-3-18(17-14-7)10-6(13)2-5(12)8-9(10)16-19-15-8/h2-4H,1H3. The van der Waals surface area contributed by atoms with Gasteiger partial charge in [-0.25, -0.2) is 4.68 Å². The Morgan fingerprint density at radius 3 is 2.68 bits per heavy atom. The van der Waals surface area contributed by atoms with Gasteiger partial charge >= 0.3 is 0 Å². The van der Waals surface area contributed by atoms with Crippen molar-refractivity contribution in [3.8, 4) is 5.69 Å². The van der Waals surface area contributed by atoms with E-state index in [4.69, 9.17) is 23.2 Å². The Balaban J connectivity index is 2.20. The Kier molecular flexibility index (Phi) is 3.46. The summed E-state index contributed by atoms with van der Waals surface area (Å²) >= 11 is 16.9. The molecule has 1 aliphatic rings. The maximum absolute atomic E-state index is 6.24. The normalized spacial score (nSPS) is 14.3. The number of fused-ring (bicyclic) bond motifs is 1. The number of benzene rings is 1. The van der Waals surface area contributed by atoms with Gasteiger partial charge in [0.2, 0.25) is 0 Å². The molecule has 9 heteroatoms. The van der Waals surface area contributed by atoms with Crippen LogP contribution < -0.4 is 0 Å². The second-order valence-corrected chi connectivity index (χ2v) is 6.57. The molecule has 1 aromatic heterocycles. The van der Waals surface area contributed by atoms with E-state index < -0.39 is 0 Å². The molecule has 2 aromatic rings. The van der Waals surface area contributed by atoms with Crippen LogP contribution in [0.5, 0.6) is 0 Å². The van der Waals surface area contributed by atoms with Crippen molar-refractivity contribution < 1.29 is 0 Å². The van der Waals surface area contributed by atoms with E-state index in [1.165, 1.54) is 0 Å². The molecule has 3 rings (SSSR count). The third-order valence-electron chi connectivity index (χ3n) is 2.57. The molecule has 2 heterocycles. The number of hydrogen-bond donors (Lipinski definition) is 0. The van der Waals surface area contributed by atoms with Gasteiger partial charge in [-0.3, -0.25) is 0 Å². The molecule has 0 saturated carbocycles. The summed E-state index contributed by atoms with van der Waals surface area (Å²) in [5.74, 6) is 0. The van der Waals surface area contributed by atoms with Gasteiger partial charge in [-0.2, -0.15) is 8.73 Å². The van der Waals surface area contributed by atoms with Crippen LogP contribution in [0.4, 0.5) is 11.4 Å². The highest BCUT2D eigenvalue weighted by Crippen LogP contribution is 2.46. The zero-order valence-electron chi connectivity index (χ0n) is 9.51. The minimum absolute atomic E-state index is 0.108. The molecule has 0 amide bonds. The summed E-state index contributed by atoms with van der Waals surface area (Å²) < 4.78 is 9.98. The van der Waals surface area contributed by atoms with Gasteiger partial charge in [0, 0.05) is 0 Å². The Morgan fingerprint density at radius 1 is 1.26 bits per heavy atom. The van der Waals surface area contributed by atoms with Crippen molar-refractivity contribution >= 4 is 61.9 Å². The molecule has 5 nitrogen and oxygen atoms in total. The highest BCUT2D eigenvalue weighted by molar-refractivity contribution is 9.09. The summed E-state index contributed by atoms with van der Waals surface area (Å²) in [6.45, 7) is 1.97. The molecule has 0 N–H and O–H groups in total. The van der Waals surface area contributed by atoms with Gasteiger partial charge in [0.05, 0.1) is 38.1 Å². The molecule has 0 spiro atoms. The molecular weight excluding hydrogens is 373 g/mol. The van der Waals surface area contributed by atoms with E-state index >= 15 is 0 Å². The molecular formula is C10H6BrCl2N5S. The van der Waals surface area contributed by atoms with Crippen LogP contribution in [-0.4, -0.2) is 15.0 Å². The largest absolute Gasteiger partial charge is 0.217 e. The minimum atomic E-state index is 0.108. The third kappa shape index (κ3) is 2.24. The maximum Gasteiger partial charge on any atom is 0.133 e. The van der Waals surface area contributed by atoms with E-state index in [0.717, 1.165) is 17.0 Å². The zero-order chi connectivity index (χ0) is 13.6. The van der Waals surface area contributed by atoms with Crippen LogP contribution in [0, 0.1) is 0 Å². The van der Waals surface area contributed by atoms with Gasteiger partial charge in [0.15, 0.2) is 0 Å². The lowest BCUT2D eigenvalue weighted by molar-refractivity contribution is 0.798. The summed E-state index contributed by atoms with van der Waals surface area (Å²) in [5, 5.41) is 9.09. The average molecular weight is 379 g/mol. The topological polar surface area (TPSA) is 55.4 Å². The minimum Gasteiger partial charge on any atom is -0.217 e. The van der Waals surface area contributed by atoms with E-state index in [-0.39, 0.29) is 4.83 Å². The van der Waals surface area contributed by atoms with Crippen molar-refractivity contribution in [3.05, 3.63) is 28.0 Å². The number of aromatic nitrogens is 3. The Bertz CT molecular complexity index is 736. The molecule has 0 aliphatic carbocycles. The van der Waals surface area contributed by atoms with Crippen molar-refractivity contribution in [1.82, 2.24) is 15.0 Å². The van der Waals surface area contributed by atoms with Gasteiger partial charge in [0.25, 0.3) is 0 Å². The summed E-state index contributed by atoms with van der Waals surface area (Å²) in [6.07, 6.45) is 1.80. The zero-order valence-corrected chi connectivity index (χ0v) is 13.4. The monoisotopic (exact) mass is 377 g/mol. The lowest BCUT2D eigenvalue weighted by Gasteiger charge is -2.08. The predicted molar refractivity (Wildman–Crippen MR) is 80.3 cm³/mol. The molecule has 1 unspecified atom stereocenters. The number of nitrogens with zero attached hydrogens (tertiary/aromatic N) is 5. The van der Waals surface area contributed by atoms with E-state index in [1.54, 1.807) is 16.9 Å². The first-order valence-corrected chi connectivity index (χ1v) is 7.65. The number of halogens is 3. The van der Waals surface area contributed by atoms with Crippen molar-refractivity contribution in [2.24, 2.45) is 8.73 Å². The first-order valence-electron chi connectivity index (χ1n) is 5.25. The van der Waals surface area contributed by atoms with Gasteiger partial charge in [0.1, 0.15) is 17.1 Å². The number of alkyl halides is 1. The third-order valence-corrected chi connectivity index (χ3v) is 4.14. The Hall–Kier alpha value is -0.760. The van der Waals surface area contributed by atoms with Crippen LogP contribution in [0.2, 0.25) is 10.0 Å². The summed E-state index contributed by atoms with van der Waals surface area (Å²) in [7, 11) is 0. The number of rotatable bonds is 2. The first kappa shape index (κ1) is 13.2. The van der Waals surface area contributed by atoms with Crippen LogP contribution in [0.25, 0.3) is 5.69 Å². The fourth-order valence-electron chi connectivity index (χ4n) is 1.65. The fourth-order valence-corrected chi connectivity index (χ4v) is 3.05. The van der Waals surface area contributed by atoms with E-state index in [1.807, 2.05) is 6.92 Å². The Morgan fingerprint density at radius 2 is 2.00 bits per heavy atom.